The molecule has 0 saturated heterocycles. The van der Waals surface area contributed by atoms with Gasteiger partial charge in [0.05, 0.1) is 12.6 Å². The Bertz CT molecular complexity index is 845. The summed E-state index contributed by atoms with van der Waals surface area (Å²) in [5.41, 5.74) is 10.5. The van der Waals surface area contributed by atoms with E-state index in [9.17, 15) is 9.59 Å². The molecule has 4 N–H and O–H groups in total. The topological polar surface area (TPSA) is 93.4 Å². The molecule has 0 bridgehead atoms. The molecule has 2 aromatic rings. The van der Waals surface area contributed by atoms with Crippen molar-refractivity contribution in [2.24, 2.45) is 5.73 Å². The smallest absolute Gasteiger partial charge is 0.242 e. The monoisotopic (exact) mass is 425 g/mol. The van der Waals surface area contributed by atoms with Gasteiger partial charge in [-0.2, -0.15) is 0 Å². The van der Waals surface area contributed by atoms with Crippen LogP contribution in [0.3, 0.4) is 0 Å². The Kier molecular flexibility index (Phi) is 9.53. The summed E-state index contributed by atoms with van der Waals surface area (Å²) in [6.45, 7) is 8.75. The molecule has 6 nitrogen and oxygen atoms in total. The summed E-state index contributed by atoms with van der Waals surface area (Å²) in [5.74, 6) is 0.276. The minimum Gasteiger partial charge on any atom is -0.494 e. The van der Waals surface area contributed by atoms with E-state index in [0.717, 1.165) is 35.3 Å². The Morgan fingerprint density at radius 1 is 1.06 bits per heavy atom. The maximum atomic E-state index is 12.5. The Morgan fingerprint density at radius 3 is 2.32 bits per heavy atom. The van der Waals surface area contributed by atoms with Gasteiger partial charge in [-0.05, 0) is 81.3 Å². The molecule has 0 aliphatic carbocycles. The maximum Gasteiger partial charge on any atom is 0.242 e. The SMILES string of the molecule is CCOc1cc(C)c(C[C@H](N)C(=O)N[C@H](C)C(=O)NCCCc2ccccc2)c(C)c1. The average Bonchev–Trinajstić information content (AvgIpc) is 2.74. The van der Waals surface area contributed by atoms with E-state index in [1.807, 2.05) is 51.1 Å². The zero-order chi connectivity index (χ0) is 22.8. The number of hydrogen-bond acceptors (Lipinski definition) is 4. The van der Waals surface area contributed by atoms with Crippen molar-refractivity contribution in [3.8, 4) is 5.75 Å². The summed E-state index contributed by atoms with van der Waals surface area (Å²) in [6.07, 6.45) is 2.14. The fourth-order valence-electron chi connectivity index (χ4n) is 3.53. The van der Waals surface area contributed by atoms with Gasteiger partial charge in [-0.15, -0.1) is 0 Å². The van der Waals surface area contributed by atoms with Crippen LogP contribution < -0.4 is 21.1 Å². The highest BCUT2D eigenvalue weighted by Crippen LogP contribution is 2.23. The molecule has 0 saturated carbocycles. The summed E-state index contributed by atoms with van der Waals surface area (Å²) in [4.78, 5) is 24.8. The van der Waals surface area contributed by atoms with E-state index in [1.165, 1.54) is 5.56 Å². The van der Waals surface area contributed by atoms with E-state index in [2.05, 4.69) is 22.8 Å². The molecule has 0 unspecified atom stereocenters. The van der Waals surface area contributed by atoms with E-state index in [0.29, 0.717) is 19.6 Å². The lowest BCUT2D eigenvalue weighted by Gasteiger charge is -2.19. The predicted molar refractivity (Wildman–Crippen MR) is 124 cm³/mol. The van der Waals surface area contributed by atoms with Gasteiger partial charge in [0, 0.05) is 6.54 Å². The van der Waals surface area contributed by atoms with Crippen molar-refractivity contribution in [2.75, 3.05) is 13.2 Å². The fraction of sp³-hybridized carbons (Fsp3) is 0.440. The molecule has 2 amide bonds. The third kappa shape index (κ3) is 7.72. The molecule has 0 spiro atoms. The lowest BCUT2D eigenvalue weighted by molar-refractivity contribution is -0.129. The highest BCUT2D eigenvalue weighted by Gasteiger charge is 2.21. The first-order valence-corrected chi connectivity index (χ1v) is 10.9. The summed E-state index contributed by atoms with van der Waals surface area (Å²) < 4.78 is 5.56. The highest BCUT2D eigenvalue weighted by atomic mass is 16.5. The van der Waals surface area contributed by atoms with Crippen molar-refractivity contribution in [1.29, 1.82) is 0 Å². The Hall–Kier alpha value is -2.86. The number of benzene rings is 2. The van der Waals surface area contributed by atoms with Gasteiger partial charge in [0.2, 0.25) is 11.8 Å². The number of carbonyl (C=O) groups excluding carboxylic acids is 2. The molecule has 0 aromatic heterocycles. The van der Waals surface area contributed by atoms with Crippen molar-refractivity contribution in [3.63, 3.8) is 0 Å². The van der Waals surface area contributed by atoms with E-state index >= 15 is 0 Å². The molecule has 2 rings (SSSR count). The Labute approximate surface area is 185 Å². The third-order valence-electron chi connectivity index (χ3n) is 5.28. The molecule has 0 fully saturated rings. The van der Waals surface area contributed by atoms with Gasteiger partial charge in [0.25, 0.3) is 0 Å². The number of nitrogens with two attached hydrogens (primary N) is 1. The molecule has 2 atom stereocenters. The highest BCUT2D eigenvalue weighted by molar-refractivity contribution is 5.89. The summed E-state index contributed by atoms with van der Waals surface area (Å²) in [7, 11) is 0. The minimum atomic E-state index is -0.733. The van der Waals surface area contributed by atoms with Gasteiger partial charge in [-0.3, -0.25) is 9.59 Å². The van der Waals surface area contributed by atoms with Crippen LogP contribution in [0, 0.1) is 13.8 Å². The molecule has 0 aliphatic heterocycles. The van der Waals surface area contributed by atoms with Crippen LogP contribution in [0.4, 0.5) is 0 Å². The van der Waals surface area contributed by atoms with Crippen LogP contribution in [-0.2, 0) is 22.4 Å². The first kappa shape index (κ1) is 24.4. The number of amides is 2. The van der Waals surface area contributed by atoms with E-state index < -0.39 is 12.1 Å². The second kappa shape index (κ2) is 12.1. The first-order chi connectivity index (χ1) is 14.8. The first-order valence-electron chi connectivity index (χ1n) is 10.9. The molecular weight excluding hydrogens is 390 g/mol. The summed E-state index contributed by atoms with van der Waals surface area (Å²) in [6, 6.07) is 12.7. The minimum absolute atomic E-state index is 0.206. The maximum absolute atomic E-state index is 12.5. The molecule has 6 heteroatoms. The van der Waals surface area contributed by atoms with E-state index in [1.54, 1.807) is 6.92 Å². The van der Waals surface area contributed by atoms with Crippen LogP contribution in [0.2, 0.25) is 0 Å². The van der Waals surface area contributed by atoms with Gasteiger partial charge >= 0.3 is 0 Å². The van der Waals surface area contributed by atoms with E-state index in [4.69, 9.17) is 10.5 Å². The number of nitrogens with one attached hydrogen (secondary N) is 2. The van der Waals surface area contributed by atoms with E-state index in [-0.39, 0.29) is 11.8 Å². The Morgan fingerprint density at radius 2 is 1.71 bits per heavy atom. The summed E-state index contributed by atoms with van der Waals surface area (Å²) >= 11 is 0. The van der Waals surface area contributed by atoms with Crippen LogP contribution in [0.5, 0.6) is 5.75 Å². The van der Waals surface area contributed by atoms with Crippen molar-refractivity contribution in [3.05, 3.63) is 64.7 Å². The predicted octanol–water partition coefficient (Wildman–Crippen LogP) is 2.83. The molecule has 2 aromatic carbocycles. The lowest BCUT2D eigenvalue weighted by Crippen LogP contribution is -2.51. The molecule has 168 valence electrons. The molecule has 0 aliphatic rings. The second-order valence-electron chi connectivity index (χ2n) is 7.89. The van der Waals surface area contributed by atoms with Gasteiger partial charge in [-0.1, -0.05) is 30.3 Å². The fourth-order valence-corrected chi connectivity index (χ4v) is 3.53. The van der Waals surface area contributed by atoms with Gasteiger partial charge in [0.1, 0.15) is 11.8 Å². The third-order valence-corrected chi connectivity index (χ3v) is 5.28. The number of carbonyl (C=O) groups is 2. The van der Waals surface area contributed by atoms with Crippen LogP contribution in [0.15, 0.2) is 42.5 Å². The largest absolute Gasteiger partial charge is 0.494 e. The number of hydrogen-bond donors (Lipinski definition) is 3. The molecular formula is C25H35N3O3. The van der Waals surface area contributed by atoms with Gasteiger partial charge in [0.15, 0.2) is 0 Å². The summed E-state index contributed by atoms with van der Waals surface area (Å²) in [5, 5.41) is 5.60. The van der Waals surface area contributed by atoms with Gasteiger partial charge < -0.3 is 21.1 Å². The quantitative estimate of drug-likeness (QED) is 0.483. The standard InChI is InChI=1S/C25H35N3O3/c1-5-31-21-14-17(2)22(18(3)15-21)16-23(26)25(30)28-19(4)24(29)27-13-9-12-20-10-7-6-8-11-20/h6-8,10-11,14-15,19,23H,5,9,12-13,16,26H2,1-4H3,(H,27,29)(H,28,30)/t19-,23+/m1/s1. The molecule has 0 heterocycles. The van der Waals surface area contributed by atoms with Crippen molar-refractivity contribution >= 4 is 11.8 Å². The lowest BCUT2D eigenvalue weighted by atomic mass is 9.96. The van der Waals surface area contributed by atoms with Crippen molar-refractivity contribution in [1.82, 2.24) is 10.6 Å². The molecule has 31 heavy (non-hydrogen) atoms. The van der Waals surface area contributed by atoms with Gasteiger partial charge in [-0.25, -0.2) is 0 Å². The van der Waals surface area contributed by atoms with Crippen LogP contribution in [0.1, 0.15) is 42.5 Å². The second-order valence-corrected chi connectivity index (χ2v) is 7.89. The van der Waals surface area contributed by atoms with Crippen molar-refractivity contribution in [2.45, 2.75) is 59.0 Å². The molecule has 0 radical (unpaired) electrons. The Balaban J connectivity index is 1.80. The van der Waals surface area contributed by atoms with Crippen LogP contribution in [0.25, 0.3) is 0 Å². The zero-order valence-electron chi connectivity index (χ0n) is 19.0. The number of ether oxygens (including phenoxy) is 1. The van der Waals surface area contributed by atoms with Crippen molar-refractivity contribution < 1.29 is 14.3 Å². The number of rotatable bonds is 11. The zero-order valence-corrected chi connectivity index (χ0v) is 19.0. The van der Waals surface area contributed by atoms with Crippen LogP contribution >= 0.6 is 0 Å². The van der Waals surface area contributed by atoms with Crippen LogP contribution in [-0.4, -0.2) is 37.0 Å². The number of aryl methyl sites for hydroxylation is 3. The average molecular weight is 426 g/mol. The normalized spacial score (nSPS) is 12.7.